The number of nitrogens with zero attached hydrogens (tertiary/aromatic N) is 2. The van der Waals surface area contributed by atoms with Crippen molar-refractivity contribution < 1.29 is 18.0 Å². The minimum Gasteiger partial charge on any atom is -0.355 e. The number of hydrogen-bond acceptors (Lipinski definition) is 4. The van der Waals surface area contributed by atoms with E-state index in [0.717, 1.165) is 17.4 Å². The number of nitrogens with one attached hydrogen (secondary N) is 1. The van der Waals surface area contributed by atoms with Crippen molar-refractivity contribution in [3.05, 3.63) is 64.2 Å². The molecule has 2 aromatic rings. The van der Waals surface area contributed by atoms with Gasteiger partial charge in [0, 0.05) is 31.1 Å². The Hall–Kier alpha value is -2.58. The number of benzene rings is 2. The van der Waals surface area contributed by atoms with Crippen LogP contribution in [0.25, 0.3) is 0 Å². The molecule has 0 spiro atoms. The lowest BCUT2D eigenvalue weighted by molar-refractivity contribution is -0.141. The summed E-state index contributed by atoms with van der Waals surface area (Å²) in [4.78, 5) is 27.8. The standard InChI is InChI=1S/C26H36ClN3O4S/c1-6-23(26(32)28-7-2)29(18-21-13-9-8-12-19(21)3)25(31)16-11-17-30(35(5,33)34)24-15-10-14-22(27)20(24)4/h8-10,12-15,23H,6-7,11,16-18H2,1-5H3,(H,28,32)/t23-/m0/s1. The zero-order valence-electron chi connectivity index (χ0n) is 21.2. The molecule has 0 heterocycles. The molecule has 0 radical (unpaired) electrons. The van der Waals surface area contributed by atoms with Crippen molar-refractivity contribution in [2.24, 2.45) is 0 Å². The monoisotopic (exact) mass is 521 g/mol. The van der Waals surface area contributed by atoms with E-state index in [1.165, 1.54) is 4.31 Å². The molecule has 192 valence electrons. The first-order valence-electron chi connectivity index (χ1n) is 11.9. The van der Waals surface area contributed by atoms with Gasteiger partial charge in [-0.05, 0) is 62.4 Å². The Balaban J connectivity index is 2.25. The number of rotatable bonds is 12. The van der Waals surface area contributed by atoms with E-state index in [-0.39, 0.29) is 24.8 Å². The van der Waals surface area contributed by atoms with Gasteiger partial charge in [0.1, 0.15) is 6.04 Å². The molecular weight excluding hydrogens is 486 g/mol. The fourth-order valence-electron chi connectivity index (χ4n) is 4.03. The fraction of sp³-hybridized carbons (Fsp3) is 0.462. The molecule has 2 rings (SSSR count). The largest absolute Gasteiger partial charge is 0.355 e. The average molecular weight is 522 g/mol. The smallest absolute Gasteiger partial charge is 0.242 e. The van der Waals surface area contributed by atoms with Crippen LogP contribution in [0.2, 0.25) is 5.02 Å². The normalized spacial score (nSPS) is 12.2. The van der Waals surface area contributed by atoms with Crippen LogP contribution in [0.4, 0.5) is 5.69 Å². The number of hydrogen-bond donors (Lipinski definition) is 1. The van der Waals surface area contributed by atoms with Gasteiger partial charge in [0.05, 0.1) is 11.9 Å². The summed E-state index contributed by atoms with van der Waals surface area (Å²) < 4.78 is 26.4. The summed E-state index contributed by atoms with van der Waals surface area (Å²) in [5.41, 5.74) is 3.17. The zero-order valence-corrected chi connectivity index (χ0v) is 22.7. The van der Waals surface area contributed by atoms with Crippen molar-refractivity contribution in [1.82, 2.24) is 10.2 Å². The lowest BCUT2D eigenvalue weighted by Gasteiger charge is -2.31. The molecule has 2 amide bonds. The minimum atomic E-state index is -3.59. The Morgan fingerprint density at radius 2 is 1.74 bits per heavy atom. The Morgan fingerprint density at radius 1 is 1.06 bits per heavy atom. The van der Waals surface area contributed by atoms with Crippen LogP contribution in [0.3, 0.4) is 0 Å². The van der Waals surface area contributed by atoms with Crippen LogP contribution < -0.4 is 9.62 Å². The molecule has 9 heteroatoms. The predicted octanol–water partition coefficient (Wildman–Crippen LogP) is 4.45. The van der Waals surface area contributed by atoms with Gasteiger partial charge < -0.3 is 10.2 Å². The molecule has 1 N–H and O–H groups in total. The van der Waals surface area contributed by atoms with E-state index in [2.05, 4.69) is 5.32 Å². The highest BCUT2D eigenvalue weighted by atomic mass is 35.5. The van der Waals surface area contributed by atoms with Crippen LogP contribution in [0.5, 0.6) is 0 Å². The van der Waals surface area contributed by atoms with Gasteiger partial charge in [-0.1, -0.05) is 48.9 Å². The van der Waals surface area contributed by atoms with E-state index in [0.29, 0.717) is 42.2 Å². The van der Waals surface area contributed by atoms with Crippen molar-refractivity contribution in [3.63, 3.8) is 0 Å². The van der Waals surface area contributed by atoms with E-state index in [1.54, 1.807) is 30.0 Å². The lowest BCUT2D eigenvalue weighted by Crippen LogP contribution is -2.49. The second kappa shape index (κ2) is 12.9. The van der Waals surface area contributed by atoms with Gasteiger partial charge >= 0.3 is 0 Å². The first kappa shape index (κ1) is 28.7. The van der Waals surface area contributed by atoms with Crippen LogP contribution in [-0.4, -0.2) is 50.5 Å². The average Bonchev–Trinajstić information content (AvgIpc) is 2.79. The molecule has 0 aliphatic heterocycles. The number of sulfonamides is 1. The molecule has 0 aliphatic carbocycles. The highest BCUT2D eigenvalue weighted by Crippen LogP contribution is 2.28. The third kappa shape index (κ3) is 7.70. The minimum absolute atomic E-state index is 0.105. The molecule has 35 heavy (non-hydrogen) atoms. The van der Waals surface area contributed by atoms with E-state index < -0.39 is 16.1 Å². The van der Waals surface area contributed by atoms with Crippen molar-refractivity contribution >= 4 is 39.1 Å². The van der Waals surface area contributed by atoms with Crippen molar-refractivity contribution in [2.45, 2.75) is 59.5 Å². The van der Waals surface area contributed by atoms with Crippen LogP contribution in [-0.2, 0) is 26.2 Å². The van der Waals surface area contributed by atoms with E-state index in [1.807, 2.05) is 45.0 Å². The zero-order chi connectivity index (χ0) is 26.2. The molecule has 7 nitrogen and oxygen atoms in total. The number of amides is 2. The molecule has 0 bridgehead atoms. The second-order valence-corrected chi connectivity index (χ2v) is 10.9. The van der Waals surface area contributed by atoms with Gasteiger partial charge in [-0.2, -0.15) is 0 Å². The fourth-order valence-corrected chi connectivity index (χ4v) is 5.22. The summed E-state index contributed by atoms with van der Waals surface area (Å²) in [5.74, 6) is -0.383. The number of likely N-dealkylation sites (N-methyl/N-ethyl adjacent to an activating group) is 1. The molecule has 0 saturated heterocycles. The molecule has 0 aliphatic rings. The molecule has 0 aromatic heterocycles. The number of carbonyl (C=O) groups excluding carboxylic acids is 2. The molecule has 0 saturated carbocycles. The summed E-state index contributed by atoms with van der Waals surface area (Å²) in [7, 11) is -3.59. The molecule has 1 atom stereocenters. The SMILES string of the molecule is CCNC(=O)[C@H](CC)N(Cc1ccccc1C)C(=O)CCCN(c1cccc(Cl)c1C)S(C)(=O)=O. The molecule has 0 fully saturated rings. The first-order chi connectivity index (χ1) is 16.5. The summed E-state index contributed by atoms with van der Waals surface area (Å²) in [6.45, 7) is 8.38. The maximum atomic E-state index is 13.4. The Labute approximate surface area is 214 Å². The number of anilines is 1. The van der Waals surface area contributed by atoms with E-state index in [4.69, 9.17) is 11.6 Å². The summed E-state index contributed by atoms with van der Waals surface area (Å²) in [6, 6.07) is 12.3. The van der Waals surface area contributed by atoms with Gasteiger partial charge in [0.2, 0.25) is 21.8 Å². The Morgan fingerprint density at radius 3 is 2.34 bits per heavy atom. The molecular formula is C26H36ClN3O4S. The third-order valence-corrected chi connectivity index (χ3v) is 7.59. The summed E-state index contributed by atoms with van der Waals surface area (Å²) >= 11 is 6.21. The molecule has 0 unspecified atom stereocenters. The van der Waals surface area contributed by atoms with E-state index in [9.17, 15) is 18.0 Å². The summed E-state index contributed by atoms with van der Waals surface area (Å²) in [6.07, 6.45) is 2.02. The van der Waals surface area contributed by atoms with Crippen LogP contribution in [0.15, 0.2) is 42.5 Å². The molecule has 2 aromatic carbocycles. The van der Waals surface area contributed by atoms with Crippen LogP contribution in [0.1, 0.15) is 49.8 Å². The lowest BCUT2D eigenvalue weighted by atomic mass is 10.1. The Kier molecular flexibility index (Phi) is 10.6. The van der Waals surface area contributed by atoms with Crippen LogP contribution >= 0.6 is 11.6 Å². The van der Waals surface area contributed by atoms with Crippen molar-refractivity contribution in [2.75, 3.05) is 23.7 Å². The van der Waals surface area contributed by atoms with Gasteiger partial charge in [0.15, 0.2) is 0 Å². The predicted molar refractivity (Wildman–Crippen MR) is 142 cm³/mol. The maximum Gasteiger partial charge on any atom is 0.242 e. The number of halogens is 1. The topological polar surface area (TPSA) is 86.8 Å². The van der Waals surface area contributed by atoms with Crippen molar-refractivity contribution in [1.29, 1.82) is 0 Å². The summed E-state index contributed by atoms with van der Waals surface area (Å²) in [5, 5.41) is 3.30. The van der Waals surface area contributed by atoms with Gasteiger partial charge in [0.25, 0.3) is 0 Å². The quantitative estimate of drug-likeness (QED) is 0.447. The number of carbonyl (C=O) groups is 2. The highest BCUT2D eigenvalue weighted by Gasteiger charge is 2.29. The number of aryl methyl sites for hydroxylation is 1. The van der Waals surface area contributed by atoms with E-state index >= 15 is 0 Å². The van der Waals surface area contributed by atoms with Gasteiger partial charge in [-0.15, -0.1) is 0 Å². The highest BCUT2D eigenvalue weighted by molar-refractivity contribution is 7.92. The first-order valence-corrected chi connectivity index (χ1v) is 14.1. The second-order valence-electron chi connectivity index (χ2n) is 8.59. The maximum absolute atomic E-state index is 13.4. The van der Waals surface area contributed by atoms with Crippen LogP contribution in [0, 0.1) is 13.8 Å². The Bertz CT molecular complexity index is 1140. The van der Waals surface area contributed by atoms with Gasteiger partial charge in [-0.3, -0.25) is 13.9 Å². The van der Waals surface area contributed by atoms with Gasteiger partial charge in [-0.25, -0.2) is 8.42 Å². The van der Waals surface area contributed by atoms with Crippen molar-refractivity contribution in [3.8, 4) is 0 Å². The third-order valence-electron chi connectivity index (χ3n) is 6.00.